The molecule has 0 nitrogen and oxygen atoms in total. The first-order valence-electron chi connectivity index (χ1n) is 5.37. The van der Waals surface area contributed by atoms with Crippen LogP contribution in [0, 0.1) is 17.9 Å². The Morgan fingerprint density at radius 2 is 1.77 bits per heavy atom. The van der Waals surface area contributed by atoms with Crippen LogP contribution in [0.3, 0.4) is 0 Å². The molecule has 0 fully saturated rings. The molecule has 0 saturated heterocycles. The fourth-order valence-corrected chi connectivity index (χ4v) is 1.80. The van der Waals surface area contributed by atoms with E-state index in [2.05, 4.69) is 39.8 Å². The van der Waals surface area contributed by atoms with Crippen molar-refractivity contribution in [2.45, 2.75) is 47.0 Å². The first kappa shape index (κ1) is 10.6. The van der Waals surface area contributed by atoms with Crippen LogP contribution in [-0.2, 0) is 0 Å². The Balaban J connectivity index is 2.41. The minimum absolute atomic E-state index is 0.761. The van der Waals surface area contributed by atoms with Gasteiger partial charge in [-0.3, -0.25) is 0 Å². The normalized spacial score (nSPS) is 16.8. The van der Waals surface area contributed by atoms with Crippen molar-refractivity contribution in [1.29, 1.82) is 0 Å². The zero-order valence-electron chi connectivity index (χ0n) is 9.35. The van der Waals surface area contributed by atoms with Crippen LogP contribution in [0.15, 0.2) is 17.2 Å². The predicted octanol–water partition coefficient (Wildman–Crippen LogP) is 4.14. The van der Waals surface area contributed by atoms with Gasteiger partial charge in [-0.05, 0) is 42.7 Å². The van der Waals surface area contributed by atoms with Crippen molar-refractivity contribution in [3.8, 4) is 0 Å². The van der Waals surface area contributed by atoms with E-state index >= 15 is 0 Å². The van der Waals surface area contributed by atoms with Gasteiger partial charge < -0.3 is 0 Å². The summed E-state index contributed by atoms with van der Waals surface area (Å²) in [7, 11) is 0. The van der Waals surface area contributed by atoms with Gasteiger partial charge in [0.2, 0.25) is 0 Å². The molecule has 0 bridgehead atoms. The highest BCUT2D eigenvalue weighted by Gasteiger charge is 2.09. The third-order valence-corrected chi connectivity index (χ3v) is 2.22. The van der Waals surface area contributed by atoms with Crippen LogP contribution >= 0.6 is 0 Å². The maximum atomic E-state index is 3.47. The Hall–Kier alpha value is -0.520. The summed E-state index contributed by atoms with van der Waals surface area (Å²) >= 11 is 0. The smallest absolute Gasteiger partial charge is 0.00581 e. The van der Waals surface area contributed by atoms with Crippen molar-refractivity contribution in [1.82, 2.24) is 0 Å². The second-order valence-corrected chi connectivity index (χ2v) is 4.88. The van der Waals surface area contributed by atoms with Gasteiger partial charge in [0.25, 0.3) is 0 Å². The highest BCUT2D eigenvalue weighted by atomic mass is 14.1. The molecule has 0 N–H and O–H groups in total. The molecule has 0 unspecified atom stereocenters. The summed E-state index contributed by atoms with van der Waals surface area (Å²) in [5.41, 5.74) is 3.01. The van der Waals surface area contributed by atoms with E-state index in [0.29, 0.717) is 0 Å². The zero-order chi connectivity index (χ0) is 9.84. The van der Waals surface area contributed by atoms with Crippen LogP contribution in [0.2, 0.25) is 0 Å². The molecular weight excluding hydrogens is 156 g/mol. The van der Waals surface area contributed by atoms with E-state index in [4.69, 9.17) is 0 Å². The van der Waals surface area contributed by atoms with Crippen LogP contribution in [-0.4, -0.2) is 0 Å². The number of rotatable bonds is 4. The summed E-state index contributed by atoms with van der Waals surface area (Å²) in [6.45, 7) is 9.09. The van der Waals surface area contributed by atoms with Gasteiger partial charge in [-0.25, -0.2) is 0 Å². The third kappa shape index (κ3) is 3.80. The highest BCUT2D eigenvalue weighted by Crippen LogP contribution is 2.26. The van der Waals surface area contributed by atoms with Gasteiger partial charge in [-0.1, -0.05) is 39.3 Å². The van der Waals surface area contributed by atoms with Crippen molar-refractivity contribution in [3.05, 3.63) is 23.3 Å². The Kier molecular flexibility index (Phi) is 3.77. The molecule has 0 saturated carbocycles. The lowest BCUT2D eigenvalue weighted by atomic mass is 10.0. The summed E-state index contributed by atoms with van der Waals surface area (Å²) < 4.78 is 0. The van der Waals surface area contributed by atoms with Gasteiger partial charge >= 0.3 is 0 Å². The second kappa shape index (κ2) is 4.64. The van der Waals surface area contributed by atoms with E-state index in [1.165, 1.54) is 18.4 Å². The summed E-state index contributed by atoms with van der Waals surface area (Å²) in [4.78, 5) is 0. The maximum Gasteiger partial charge on any atom is -0.00581 e. The molecule has 0 spiro atoms. The second-order valence-electron chi connectivity index (χ2n) is 4.88. The minimum atomic E-state index is 0.761. The molecule has 13 heavy (non-hydrogen) atoms. The molecule has 0 aromatic heterocycles. The minimum Gasteiger partial charge on any atom is -0.0653 e. The lowest BCUT2D eigenvalue weighted by Crippen LogP contribution is -1.89. The van der Waals surface area contributed by atoms with Crippen LogP contribution in [0.4, 0.5) is 0 Å². The fraction of sp³-hybridized carbons (Fsp3) is 0.692. The van der Waals surface area contributed by atoms with Crippen molar-refractivity contribution in [3.63, 3.8) is 0 Å². The molecule has 0 aliphatic heterocycles. The zero-order valence-corrected chi connectivity index (χ0v) is 9.35. The van der Waals surface area contributed by atoms with E-state index in [9.17, 15) is 0 Å². The van der Waals surface area contributed by atoms with Crippen LogP contribution < -0.4 is 0 Å². The van der Waals surface area contributed by atoms with Gasteiger partial charge in [-0.15, -0.1) is 0 Å². The molecule has 1 aliphatic carbocycles. The number of hydrogen-bond donors (Lipinski definition) is 0. The van der Waals surface area contributed by atoms with Crippen molar-refractivity contribution in [2.24, 2.45) is 11.8 Å². The van der Waals surface area contributed by atoms with Crippen LogP contribution in [0.25, 0.3) is 0 Å². The summed E-state index contributed by atoms with van der Waals surface area (Å²) in [6.07, 6.45) is 9.35. The Bertz CT molecular complexity index is 216. The first-order chi connectivity index (χ1) is 6.08. The first-order valence-corrected chi connectivity index (χ1v) is 5.37. The summed E-state index contributed by atoms with van der Waals surface area (Å²) in [5, 5.41) is 0. The average molecular weight is 177 g/mol. The molecule has 1 rings (SSSR count). The molecule has 1 radical (unpaired) electrons. The average Bonchev–Trinajstić information content (AvgIpc) is 2.33. The van der Waals surface area contributed by atoms with Crippen molar-refractivity contribution >= 4 is 0 Å². The van der Waals surface area contributed by atoms with Gasteiger partial charge in [0.15, 0.2) is 0 Å². The lowest BCUT2D eigenvalue weighted by Gasteiger charge is -2.04. The van der Waals surface area contributed by atoms with E-state index in [1.807, 2.05) is 0 Å². The Morgan fingerprint density at radius 3 is 2.31 bits per heavy atom. The van der Waals surface area contributed by atoms with E-state index in [0.717, 1.165) is 18.3 Å². The number of allylic oxidation sites excluding steroid dienone is 4. The van der Waals surface area contributed by atoms with Crippen molar-refractivity contribution in [2.75, 3.05) is 0 Å². The highest BCUT2D eigenvalue weighted by molar-refractivity contribution is 5.29. The van der Waals surface area contributed by atoms with E-state index in [-0.39, 0.29) is 0 Å². The molecule has 1 aliphatic rings. The molecular formula is C13H21. The maximum absolute atomic E-state index is 3.47. The van der Waals surface area contributed by atoms with Crippen LogP contribution in [0.5, 0.6) is 0 Å². The molecule has 0 heteroatoms. The molecule has 0 aromatic carbocycles. The van der Waals surface area contributed by atoms with Crippen LogP contribution in [0.1, 0.15) is 47.0 Å². The standard InChI is InChI=1S/C13H21/c1-10(2)7-12-5-6-13(9-12)8-11(3)4/h9-11H,5,7-8H2,1-4H3. The Morgan fingerprint density at radius 1 is 1.15 bits per heavy atom. The van der Waals surface area contributed by atoms with E-state index in [1.54, 1.807) is 5.57 Å². The monoisotopic (exact) mass is 177 g/mol. The van der Waals surface area contributed by atoms with E-state index < -0.39 is 0 Å². The quantitative estimate of drug-likeness (QED) is 0.605. The lowest BCUT2D eigenvalue weighted by molar-refractivity contribution is 0.636. The fourth-order valence-electron chi connectivity index (χ4n) is 1.80. The topological polar surface area (TPSA) is 0 Å². The molecule has 0 heterocycles. The largest absolute Gasteiger partial charge is 0.0653 e. The van der Waals surface area contributed by atoms with Crippen molar-refractivity contribution < 1.29 is 0 Å². The molecule has 0 amide bonds. The summed E-state index contributed by atoms with van der Waals surface area (Å²) in [6, 6.07) is 0. The van der Waals surface area contributed by atoms with Gasteiger partial charge in [0, 0.05) is 0 Å². The molecule has 0 aromatic rings. The summed E-state index contributed by atoms with van der Waals surface area (Å²) in [5.74, 6) is 1.54. The Labute approximate surface area is 82.7 Å². The molecule has 73 valence electrons. The SMILES string of the molecule is CC(C)CC1=[C]CC(CC(C)C)=C1. The number of hydrogen-bond acceptors (Lipinski definition) is 0. The van der Waals surface area contributed by atoms with Gasteiger partial charge in [0.1, 0.15) is 0 Å². The molecule has 0 atom stereocenters. The third-order valence-electron chi connectivity index (χ3n) is 2.22. The predicted molar refractivity (Wildman–Crippen MR) is 58.4 cm³/mol. The van der Waals surface area contributed by atoms with Gasteiger partial charge in [-0.2, -0.15) is 0 Å². The van der Waals surface area contributed by atoms with Gasteiger partial charge in [0.05, 0.1) is 0 Å².